The minimum Gasteiger partial charge on any atom is -0.379 e. The first-order valence-corrected chi connectivity index (χ1v) is 6.69. The van der Waals surface area contributed by atoms with E-state index in [1.165, 1.54) is 29.3 Å². The molecule has 1 atom stereocenters. The summed E-state index contributed by atoms with van der Waals surface area (Å²) < 4.78 is 0. The van der Waals surface area contributed by atoms with Gasteiger partial charge in [-0.05, 0) is 29.7 Å². The van der Waals surface area contributed by atoms with E-state index in [2.05, 4.69) is 17.4 Å². The molecular weight excluding hydrogens is 266 g/mol. The zero-order valence-electron chi connectivity index (χ0n) is 11.2. The second-order valence-corrected chi connectivity index (χ2v) is 5.08. The first kappa shape index (κ1) is 13.1. The molecule has 1 aliphatic carbocycles. The summed E-state index contributed by atoms with van der Waals surface area (Å²) in [6.45, 7) is 0.632. The molecule has 0 spiro atoms. The fraction of sp³-hybridized carbons (Fsp3) is 0.188. The normalized spacial score (nSPS) is 15.5. The topological polar surface area (TPSA) is 79.0 Å². The molecule has 3 rings (SSSR count). The van der Waals surface area contributed by atoms with Crippen molar-refractivity contribution in [2.24, 2.45) is 0 Å². The average molecular weight is 279 g/mol. The highest BCUT2D eigenvalue weighted by molar-refractivity contribution is 5.64. The van der Waals surface area contributed by atoms with Crippen molar-refractivity contribution in [2.45, 2.75) is 12.3 Å². The summed E-state index contributed by atoms with van der Waals surface area (Å²) in [7, 11) is 0. The van der Waals surface area contributed by atoms with Crippen LogP contribution in [0.4, 0.5) is 11.4 Å². The number of nitro benzene ring substituents is 1. The van der Waals surface area contributed by atoms with Gasteiger partial charge >= 0.3 is 0 Å². The van der Waals surface area contributed by atoms with Gasteiger partial charge in [-0.3, -0.25) is 10.1 Å². The Morgan fingerprint density at radius 2 is 2.14 bits per heavy atom. The van der Waals surface area contributed by atoms with Crippen molar-refractivity contribution in [2.75, 3.05) is 11.9 Å². The minimum atomic E-state index is -0.432. The molecule has 0 aliphatic heterocycles. The van der Waals surface area contributed by atoms with Crippen LogP contribution in [0.1, 0.15) is 22.6 Å². The van der Waals surface area contributed by atoms with Gasteiger partial charge in [0.05, 0.1) is 16.6 Å². The first-order valence-electron chi connectivity index (χ1n) is 6.69. The summed E-state index contributed by atoms with van der Waals surface area (Å²) in [6, 6.07) is 14.6. The van der Waals surface area contributed by atoms with Gasteiger partial charge in [0.1, 0.15) is 5.69 Å². The quantitative estimate of drug-likeness (QED) is 0.688. The van der Waals surface area contributed by atoms with Crippen molar-refractivity contribution in [1.29, 1.82) is 5.26 Å². The zero-order chi connectivity index (χ0) is 14.8. The summed E-state index contributed by atoms with van der Waals surface area (Å²) >= 11 is 0. The minimum absolute atomic E-state index is 0.00149. The number of fused-ring (bicyclic) bond motifs is 1. The highest BCUT2D eigenvalue weighted by Crippen LogP contribution is 2.35. The third kappa shape index (κ3) is 2.43. The van der Waals surface area contributed by atoms with E-state index < -0.39 is 4.92 Å². The van der Waals surface area contributed by atoms with Gasteiger partial charge in [-0.2, -0.15) is 5.26 Å². The van der Waals surface area contributed by atoms with Gasteiger partial charge in [0.25, 0.3) is 5.69 Å². The smallest absolute Gasteiger partial charge is 0.292 e. The maximum atomic E-state index is 11.0. The van der Waals surface area contributed by atoms with Gasteiger partial charge in [0, 0.05) is 18.5 Å². The Hall–Kier alpha value is -2.87. The van der Waals surface area contributed by atoms with E-state index in [1.54, 1.807) is 0 Å². The molecule has 0 saturated carbocycles. The number of nitriles is 1. The number of rotatable bonds is 4. The van der Waals surface area contributed by atoms with Crippen LogP contribution in [0.15, 0.2) is 42.5 Å². The summed E-state index contributed by atoms with van der Waals surface area (Å²) in [5.41, 5.74) is 3.45. The van der Waals surface area contributed by atoms with E-state index >= 15 is 0 Å². The molecule has 2 aromatic rings. The van der Waals surface area contributed by atoms with Gasteiger partial charge in [-0.15, -0.1) is 0 Å². The Kier molecular flexibility index (Phi) is 3.28. The fourth-order valence-electron chi connectivity index (χ4n) is 2.68. The van der Waals surface area contributed by atoms with Crippen molar-refractivity contribution in [3.05, 3.63) is 69.3 Å². The summed E-state index contributed by atoms with van der Waals surface area (Å²) in [4.78, 5) is 10.6. The molecule has 1 N–H and O–H groups in total. The molecule has 104 valence electrons. The predicted molar refractivity (Wildman–Crippen MR) is 79.2 cm³/mol. The monoisotopic (exact) mass is 279 g/mol. The summed E-state index contributed by atoms with van der Waals surface area (Å²) in [5, 5.41) is 23.1. The Morgan fingerprint density at radius 3 is 2.86 bits per heavy atom. The van der Waals surface area contributed by atoms with Gasteiger partial charge in [-0.1, -0.05) is 24.3 Å². The standard InChI is InChI=1S/C16H13N3O2/c17-9-11-5-6-16(19(20)21)15(7-11)18-10-13-8-12-3-1-2-4-14(12)13/h1-7,13,18H,8,10H2. The maximum Gasteiger partial charge on any atom is 0.292 e. The number of hydrogen-bond acceptors (Lipinski definition) is 4. The molecule has 0 heterocycles. The van der Waals surface area contributed by atoms with Crippen LogP contribution in [0.25, 0.3) is 0 Å². The molecule has 0 bridgehead atoms. The molecule has 0 aromatic heterocycles. The highest BCUT2D eigenvalue weighted by atomic mass is 16.6. The molecule has 5 nitrogen and oxygen atoms in total. The number of nitrogens with zero attached hydrogens (tertiary/aromatic N) is 2. The van der Waals surface area contributed by atoms with Crippen LogP contribution in [-0.4, -0.2) is 11.5 Å². The Morgan fingerprint density at radius 1 is 1.33 bits per heavy atom. The zero-order valence-corrected chi connectivity index (χ0v) is 11.2. The summed E-state index contributed by atoms with van der Waals surface area (Å²) in [6.07, 6.45) is 0.981. The van der Waals surface area contributed by atoms with Gasteiger partial charge in [0.15, 0.2) is 0 Å². The van der Waals surface area contributed by atoms with E-state index in [4.69, 9.17) is 5.26 Å². The molecule has 1 unspecified atom stereocenters. The fourth-order valence-corrected chi connectivity index (χ4v) is 2.68. The molecule has 0 amide bonds. The van der Waals surface area contributed by atoms with Crippen molar-refractivity contribution >= 4 is 11.4 Å². The van der Waals surface area contributed by atoms with E-state index in [0.29, 0.717) is 23.7 Å². The van der Waals surface area contributed by atoms with Crippen molar-refractivity contribution in [3.8, 4) is 6.07 Å². The Labute approximate surface area is 122 Å². The lowest BCUT2D eigenvalue weighted by molar-refractivity contribution is -0.384. The number of anilines is 1. The summed E-state index contributed by atoms with van der Waals surface area (Å²) in [5.74, 6) is 0.367. The van der Waals surface area contributed by atoms with E-state index in [-0.39, 0.29) is 5.69 Å². The molecule has 0 fully saturated rings. The molecule has 1 aliphatic rings. The first-order chi connectivity index (χ1) is 10.2. The Balaban J connectivity index is 1.77. The highest BCUT2D eigenvalue weighted by Gasteiger charge is 2.25. The van der Waals surface area contributed by atoms with Crippen LogP contribution in [0.5, 0.6) is 0 Å². The molecule has 0 saturated heterocycles. The number of benzene rings is 2. The maximum absolute atomic E-state index is 11.0. The van der Waals surface area contributed by atoms with Gasteiger partial charge in [-0.25, -0.2) is 0 Å². The predicted octanol–water partition coefficient (Wildman–Crippen LogP) is 3.22. The van der Waals surface area contributed by atoms with Crippen LogP contribution in [-0.2, 0) is 6.42 Å². The second kappa shape index (κ2) is 5.25. The van der Waals surface area contributed by atoms with Crippen LogP contribution in [0.2, 0.25) is 0 Å². The molecular formula is C16H13N3O2. The van der Waals surface area contributed by atoms with Crippen molar-refractivity contribution in [3.63, 3.8) is 0 Å². The number of hydrogen-bond donors (Lipinski definition) is 1. The van der Waals surface area contributed by atoms with E-state index in [9.17, 15) is 10.1 Å². The second-order valence-electron chi connectivity index (χ2n) is 5.08. The Bertz CT molecular complexity index is 749. The van der Waals surface area contributed by atoms with Crippen LogP contribution in [0, 0.1) is 21.4 Å². The molecule has 21 heavy (non-hydrogen) atoms. The average Bonchev–Trinajstić information content (AvgIpc) is 2.47. The number of nitro groups is 1. The molecule has 2 aromatic carbocycles. The van der Waals surface area contributed by atoms with Crippen LogP contribution in [0.3, 0.4) is 0 Å². The van der Waals surface area contributed by atoms with Crippen molar-refractivity contribution < 1.29 is 4.92 Å². The molecule has 0 radical (unpaired) electrons. The third-order valence-electron chi connectivity index (χ3n) is 3.82. The van der Waals surface area contributed by atoms with Crippen molar-refractivity contribution in [1.82, 2.24) is 0 Å². The van der Waals surface area contributed by atoms with Crippen LogP contribution < -0.4 is 5.32 Å². The SMILES string of the molecule is N#Cc1ccc([N+](=O)[O-])c(NCC2Cc3ccccc32)c1. The lowest BCUT2D eigenvalue weighted by Crippen LogP contribution is -2.24. The lowest BCUT2D eigenvalue weighted by Gasteiger charge is -2.30. The molecule has 5 heteroatoms. The largest absolute Gasteiger partial charge is 0.379 e. The number of nitrogens with one attached hydrogen (secondary N) is 1. The van der Waals surface area contributed by atoms with Gasteiger partial charge < -0.3 is 5.32 Å². The third-order valence-corrected chi connectivity index (χ3v) is 3.82. The van der Waals surface area contributed by atoms with E-state index in [0.717, 1.165) is 6.42 Å². The van der Waals surface area contributed by atoms with Crippen LogP contribution >= 0.6 is 0 Å². The lowest BCUT2D eigenvalue weighted by atomic mass is 9.77. The van der Waals surface area contributed by atoms with Gasteiger partial charge in [0.2, 0.25) is 0 Å². The van der Waals surface area contributed by atoms with E-state index in [1.807, 2.05) is 18.2 Å².